The highest BCUT2D eigenvalue weighted by atomic mass is 32.1. The molecule has 2 atom stereocenters. The maximum Gasteiger partial charge on any atom is 0.272 e. The molecule has 1 aliphatic rings. The van der Waals surface area contributed by atoms with E-state index in [1.165, 1.54) is 11.3 Å². The average molecular weight is 412 g/mol. The molecular formula is C22H25N3O3S. The van der Waals surface area contributed by atoms with Gasteiger partial charge in [-0.15, -0.1) is 11.3 Å². The van der Waals surface area contributed by atoms with Crippen molar-refractivity contribution < 1.29 is 14.6 Å². The van der Waals surface area contributed by atoms with Gasteiger partial charge < -0.3 is 14.7 Å². The minimum absolute atomic E-state index is 0.164. The van der Waals surface area contributed by atoms with Crippen molar-refractivity contribution in [1.29, 1.82) is 0 Å². The molecule has 0 bridgehead atoms. The molecule has 6 nitrogen and oxygen atoms in total. The molecule has 1 fully saturated rings. The zero-order valence-electron chi connectivity index (χ0n) is 16.7. The molecule has 0 spiro atoms. The van der Waals surface area contributed by atoms with Gasteiger partial charge in [-0.25, -0.2) is 4.98 Å². The topological polar surface area (TPSA) is 75.6 Å². The first kappa shape index (κ1) is 19.8. The number of hydrogen-bond acceptors (Lipinski definition) is 6. The van der Waals surface area contributed by atoms with Crippen LogP contribution in [-0.4, -0.2) is 46.1 Å². The van der Waals surface area contributed by atoms with Gasteiger partial charge in [-0.1, -0.05) is 12.8 Å². The Morgan fingerprint density at radius 3 is 2.79 bits per heavy atom. The number of thiazole rings is 1. The van der Waals surface area contributed by atoms with Crippen LogP contribution < -0.4 is 4.74 Å². The van der Waals surface area contributed by atoms with Gasteiger partial charge in [0.05, 0.1) is 21.3 Å². The van der Waals surface area contributed by atoms with Crippen LogP contribution in [-0.2, 0) is 6.42 Å². The molecule has 0 aliphatic heterocycles. The van der Waals surface area contributed by atoms with Crippen molar-refractivity contribution in [3.8, 4) is 11.5 Å². The van der Waals surface area contributed by atoms with E-state index in [-0.39, 0.29) is 12.0 Å². The molecule has 0 radical (unpaired) electrons. The Morgan fingerprint density at radius 1 is 1.21 bits per heavy atom. The minimum atomic E-state index is -0.208. The SMILES string of the molecule is CN(C)C(=O)c1cc(Oc2ccc3nc(C[C@@H]4CCCC[C@H]4O)sc3c2)ccn1. The summed E-state index contributed by atoms with van der Waals surface area (Å²) in [5, 5.41) is 11.3. The van der Waals surface area contributed by atoms with Crippen LogP contribution in [0.5, 0.6) is 11.5 Å². The molecule has 7 heteroatoms. The number of pyridine rings is 1. The summed E-state index contributed by atoms with van der Waals surface area (Å²) >= 11 is 1.65. The minimum Gasteiger partial charge on any atom is -0.457 e. The van der Waals surface area contributed by atoms with Gasteiger partial charge >= 0.3 is 0 Å². The molecule has 1 aromatic carbocycles. The van der Waals surface area contributed by atoms with Crippen molar-refractivity contribution in [2.75, 3.05) is 14.1 Å². The summed E-state index contributed by atoms with van der Waals surface area (Å²) in [7, 11) is 3.39. The van der Waals surface area contributed by atoms with Crippen LogP contribution in [0.3, 0.4) is 0 Å². The lowest BCUT2D eigenvalue weighted by atomic mass is 9.84. The number of nitrogens with zero attached hydrogens (tertiary/aromatic N) is 3. The number of benzene rings is 1. The van der Waals surface area contributed by atoms with Crippen molar-refractivity contribution in [3.05, 3.63) is 47.2 Å². The standard InChI is InChI=1S/C22H25N3O3S/c1-25(2)22(27)18-12-16(9-10-23-18)28-15-7-8-17-20(13-15)29-21(24-17)11-14-5-3-4-6-19(14)26/h7-10,12-14,19,26H,3-6,11H2,1-2H3/t14-,19+/m0/s1. The lowest BCUT2D eigenvalue weighted by Crippen LogP contribution is -2.26. The van der Waals surface area contributed by atoms with E-state index in [1.807, 2.05) is 18.2 Å². The number of ether oxygens (including phenoxy) is 1. The second-order valence-corrected chi connectivity index (χ2v) is 8.85. The summed E-state index contributed by atoms with van der Waals surface area (Å²) in [6, 6.07) is 9.19. The van der Waals surface area contributed by atoms with Gasteiger partial charge in [0, 0.05) is 38.8 Å². The van der Waals surface area contributed by atoms with Gasteiger partial charge in [-0.05, 0) is 37.0 Å². The summed E-state index contributed by atoms with van der Waals surface area (Å²) in [5.41, 5.74) is 1.29. The Labute approximate surface area is 174 Å². The fourth-order valence-electron chi connectivity index (χ4n) is 3.71. The second kappa shape index (κ2) is 8.47. The van der Waals surface area contributed by atoms with Crippen molar-refractivity contribution in [2.24, 2.45) is 5.92 Å². The number of aromatic nitrogens is 2. The zero-order valence-corrected chi connectivity index (χ0v) is 17.5. The Hall–Kier alpha value is -2.51. The van der Waals surface area contributed by atoms with Crippen LogP contribution in [0.4, 0.5) is 0 Å². The van der Waals surface area contributed by atoms with Crippen LogP contribution in [0.25, 0.3) is 10.2 Å². The molecule has 4 rings (SSSR count). The predicted molar refractivity (Wildman–Crippen MR) is 114 cm³/mol. The second-order valence-electron chi connectivity index (χ2n) is 7.73. The molecule has 0 unspecified atom stereocenters. The molecule has 1 aliphatic carbocycles. The number of carbonyl (C=O) groups excluding carboxylic acids is 1. The number of fused-ring (bicyclic) bond motifs is 1. The first-order chi connectivity index (χ1) is 14.0. The summed E-state index contributed by atoms with van der Waals surface area (Å²) in [4.78, 5) is 22.4. The maximum atomic E-state index is 12.1. The monoisotopic (exact) mass is 411 g/mol. The van der Waals surface area contributed by atoms with Crippen molar-refractivity contribution in [3.63, 3.8) is 0 Å². The summed E-state index contributed by atoms with van der Waals surface area (Å²) < 4.78 is 7.02. The Morgan fingerprint density at radius 2 is 2.00 bits per heavy atom. The molecule has 29 heavy (non-hydrogen) atoms. The van der Waals surface area contributed by atoms with Crippen LogP contribution in [0, 0.1) is 5.92 Å². The summed E-state index contributed by atoms with van der Waals surface area (Å²) in [5.74, 6) is 1.41. The van der Waals surface area contributed by atoms with E-state index >= 15 is 0 Å². The Bertz CT molecular complexity index is 1020. The van der Waals surface area contributed by atoms with Crippen LogP contribution in [0.15, 0.2) is 36.5 Å². The number of amides is 1. The van der Waals surface area contributed by atoms with Crippen LogP contribution >= 0.6 is 11.3 Å². The molecule has 1 amide bonds. The lowest BCUT2D eigenvalue weighted by molar-refractivity contribution is 0.0700. The van der Waals surface area contributed by atoms with Crippen LogP contribution in [0.1, 0.15) is 41.2 Å². The smallest absolute Gasteiger partial charge is 0.272 e. The Balaban J connectivity index is 1.51. The molecule has 1 saturated carbocycles. The highest BCUT2D eigenvalue weighted by Crippen LogP contribution is 2.33. The zero-order chi connectivity index (χ0) is 20.4. The highest BCUT2D eigenvalue weighted by Gasteiger charge is 2.24. The van der Waals surface area contributed by atoms with E-state index in [2.05, 4.69) is 4.98 Å². The fraction of sp³-hybridized carbons (Fsp3) is 0.409. The van der Waals surface area contributed by atoms with E-state index in [4.69, 9.17) is 9.72 Å². The number of rotatable bonds is 5. The van der Waals surface area contributed by atoms with Crippen molar-refractivity contribution in [1.82, 2.24) is 14.9 Å². The van der Waals surface area contributed by atoms with E-state index < -0.39 is 0 Å². The molecule has 0 saturated heterocycles. The summed E-state index contributed by atoms with van der Waals surface area (Å²) in [6.45, 7) is 0. The van der Waals surface area contributed by atoms with Gasteiger partial charge in [0.25, 0.3) is 5.91 Å². The molecule has 152 valence electrons. The summed E-state index contributed by atoms with van der Waals surface area (Å²) in [6.07, 6.45) is 6.48. The molecule has 2 aromatic heterocycles. The van der Waals surface area contributed by atoms with Gasteiger partial charge in [0.15, 0.2) is 0 Å². The lowest BCUT2D eigenvalue weighted by Gasteiger charge is -2.26. The molecule has 2 heterocycles. The van der Waals surface area contributed by atoms with E-state index in [9.17, 15) is 9.90 Å². The normalized spacial score (nSPS) is 19.3. The van der Waals surface area contributed by atoms with E-state index in [0.717, 1.165) is 40.9 Å². The quantitative estimate of drug-likeness (QED) is 0.678. The fourth-order valence-corrected chi connectivity index (χ4v) is 4.80. The Kier molecular flexibility index (Phi) is 5.78. The molecule has 3 aromatic rings. The third kappa shape index (κ3) is 4.57. The number of carbonyl (C=O) groups is 1. The van der Waals surface area contributed by atoms with Crippen molar-refractivity contribution >= 4 is 27.5 Å². The third-order valence-electron chi connectivity index (χ3n) is 5.30. The van der Waals surface area contributed by atoms with Gasteiger partial charge in [-0.2, -0.15) is 0 Å². The van der Waals surface area contributed by atoms with Gasteiger partial charge in [0.2, 0.25) is 0 Å². The third-order valence-corrected chi connectivity index (χ3v) is 6.34. The first-order valence-corrected chi connectivity index (χ1v) is 10.7. The van der Waals surface area contributed by atoms with Crippen LogP contribution in [0.2, 0.25) is 0 Å². The van der Waals surface area contributed by atoms with E-state index in [0.29, 0.717) is 23.1 Å². The maximum absolute atomic E-state index is 12.1. The number of aliphatic hydroxyl groups excluding tert-OH is 1. The molecule has 1 N–H and O–H groups in total. The molecular weight excluding hydrogens is 386 g/mol. The van der Waals surface area contributed by atoms with Crippen molar-refractivity contribution in [2.45, 2.75) is 38.2 Å². The largest absolute Gasteiger partial charge is 0.457 e. The first-order valence-electron chi connectivity index (χ1n) is 9.92. The predicted octanol–water partition coefficient (Wildman–Crippen LogP) is 4.28. The number of hydrogen-bond donors (Lipinski definition) is 1. The van der Waals surface area contributed by atoms with Gasteiger partial charge in [0.1, 0.15) is 17.2 Å². The van der Waals surface area contributed by atoms with Gasteiger partial charge in [-0.3, -0.25) is 9.78 Å². The highest BCUT2D eigenvalue weighted by molar-refractivity contribution is 7.18. The van der Waals surface area contributed by atoms with E-state index in [1.54, 1.807) is 43.8 Å². The number of aliphatic hydroxyl groups is 1. The average Bonchev–Trinajstić information content (AvgIpc) is 3.11.